The van der Waals surface area contributed by atoms with E-state index < -0.39 is 0 Å². The molecule has 2 N–H and O–H groups in total. The van der Waals surface area contributed by atoms with Crippen molar-refractivity contribution in [1.29, 1.82) is 0 Å². The number of carbonyl (C=O) groups excluding carboxylic acids is 1. The first-order valence-corrected chi connectivity index (χ1v) is 6.07. The van der Waals surface area contributed by atoms with Crippen LogP contribution in [0.4, 0.5) is 4.39 Å². The second-order valence-corrected chi connectivity index (χ2v) is 4.48. The molecule has 1 aliphatic rings. The third-order valence-electron chi connectivity index (χ3n) is 2.99. The summed E-state index contributed by atoms with van der Waals surface area (Å²) >= 11 is 0. The zero-order valence-corrected chi connectivity index (χ0v) is 10.1. The molecule has 1 fully saturated rings. The molecule has 1 atom stereocenters. The van der Waals surface area contributed by atoms with Crippen LogP contribution in [0.5, 0.6) is 5.75 Å². The van der Waals surface area contributed by atoms with Gasteiger partial charge in [0.15, 0.2) is 6.61 Å². The van der Waals surface area contributed by atoms with Crippen molar-refractivity contribution in [3.8, 4) is 5.75 Å². The normalized spacial score (nSPS) is 19.7. The molecular weight excluding hydrogens is 235 g/mol. The molecule has 2 rings (SSSR count). The Balaban J connectivity index is 1.82. The number of likely N-dealkylation sites (tertiary alicyclic amines) is 1. The molecule has 1 saturated heterocycles. The predicted octanol–water partition coefficient (Wildman–Crippen LogP) is 1.15. The molecular formula is C13H17FN2O2. The van der Waals surface area contributed by atoms with Crippen molar-refractivity contribution in [3.05, 3.63) is 30.1 Å². The van der Waals surface area contributed by atoms with E-state index in [-0.39, 0.29) is 24.4 Å². The van der Waals surface area contributed by atoms with Gasteiger partial charge in [0.1, 0.15) is 11.6 Å². The summed E-state index contributed by atoms with van der Waals surface area (Å²) in [4.78, 5) is 13.6. The van der Waals surface area contributed by atoms with Gasteiger partial charge < -0.3 is 15.4 Å². The Labute approximate surface area is 106 Å². The van der Waals surface area contributed by atoms with E-state index in [1.165, 1.54) is 24.3 Å². The van der Waals surface area contributed by atoms with Gasteiger partial charge in [-0.2, -0.15) is 0 Å². The van der Waals surface area contributed by atoms with Crippen molar-refractivity contribution in [1.82, 2.24) is 4.90 Å². The number of nitrogens with zero attached hydrogens (tertiary/aromatic N) is 1. The second kappa shape index (κ2) is 5.82. The summed E-state index contributed by atoms with van der Waals surface area (Å²) in [6, 6.07) is 5.68. The van der Waals surface area contributed by atoms with Gasteiger partial charge in [-0.05, 0) is 37.1 Å². The quantitative estimate of drug-likeness (QED) is 0.878. The zero-order chi connectivity index (χ0) is 13.0. The van der Waals surface area contributed by atoms with Crippen LogP contribution in [-0.2, 0) is 4.79 Å². The smallest absolute Gasteiger partial charge is 0.260 e. The molecule has 1 aromatic rings. The molecule has 0 saturated carbocycles. The highest BCUT2D eigenvalue weighted by Gasteiger charge is 2.21. The van der Waals surface area contributed by atoms with Gasteiger partial charge in [0, 0.05) is 19.1 Å². The number of piperidine rings is 1. The van der Waals surface area contributed by atoms with Gasteiger partial charge in [-0.1, -0.05) is 0 Å². The minimum Gasteiger partial charge on any atom is -0.484 e. The monoisotopic (exact) mass is 252 g/mol. The fourth-order valence-electron chi connectivity index (χ4n) is 2.00. The Morgan fingerprint density at radius 2 is 2.17 bits per heavy atom. The van der Waals surface area contributed by atoms with Gasteiger partial charge in [0.05, 0.1) is 0 Å². The summed E-state index contributed by atoms with van der Waals surface area (Å²) in [6.07, 6.45) is 1.89. The molecule has 0 spiro atoms. The Morgan fingerprint density at radius 3 is 2.83 bits per heavy atom. The van der Waals surface area contributed by atoms with Crippen LogP contribution in [0, 0.1) is 5.82 Å². The molecule has 1 unspecified atom stereocenters. The lowest BCUT2D eigenvalue weighted by Crippen LogP contribution is -2.47. The highest BCUT2D eigenvalue weighted by atomic mass is 19.1. The van der Waals surface area contributed by atoms with Crippen LogP contribution in [0.3, 0.4) is 0 Å². The number of amides is 1. The predicted molar refractivity (Wildman–Crippen MR) is 65.7 cm³/mol. The first-order valence-electron chi connectivity index (χ1n) is 6.07. The van der Waals surface area contributed by atoms with E-state index >= 15 is 0 Å². The van der Waals surface area contributed by atoms with Crippen molar-refractivity contribution in [3.63, 3.8) is 0 Å². The van der Waals surface area contributed by atoms with Gasteiger partial charge >= 0.3 is 0 Å². The van der Waals surface area contributed by atoms with E-state index in [2.05, 4.69) is 0 Å². The molecule has 4 nitrogen and oxygen atoms in total. The van der Waals surface area contributed by atoms with E-state index in [0.717, 1.165) is 19.4 Å². The Morgan fingerprint density at radius 1 is 1.44 bits per heavy atom. The molecule has 98 valence electrons. The Kier molecular flexibility index (Phi) is 4.15. The molecule has 1 amide bonds. The van der Waals surface area contributed by atoms with E-state index in [9.17, 15) is 9.18 Å². The van der Waals surface area contributed by atoms with E-state index in [4.69, 9.17) is 10.5 Å². The zero-order valence-electron chi connectivity index (χ0n) is 10.1. The molecule has 0 bridgehead atoms. The van der Waals surface area contributed by atoms with Crippen LogP contribution in [-0.4, -0.2) is 36.5 Å². The van der Waals surface area contributed by atoms with Gasteiger partial charge in [-0.15, -0.1) is 0 Å². The maximum Gasteiger partial charge on any atom is 0.260 e. The number of hydrogen-bond acceptors (Lipinski definition) is 3. The van der Waals surface area contributed by atoms with Crippen molar-refractivity contribution in [2.24, 2.45) is 5.73 Å². The third kappa shape index (κ3) is 3.43. The summed E-state index contributed by atoms with van der Waals surface area (Å²) < 4.78 is 18.0. The van der Waals surface area contributed by atoms with Crippen molar-refractivity contribution >= 4 is 5.91 Å². The number of rotatable bonds is 3. The first-order chi connectivity index (χ1) is 8.65. The maximum atomic E-state index is 12.7. The molecule has 1 aromatic carbocycles. The molecule has 1 aliphatic heterocycles. The van der Waals surface area contributed by atoms with Gasteiger partial charge in [0.2, 0.25) is 0 Å². The Bertz CT molecular complexity index is 408. The largest absolute Gasteiger partial charge is 0.484 e. The molecule has 0 aromatic heterocycles. The lowest BCUT2D eigenvalue weighted by molar-refractivity contribution is -0.134. The maximum absolute atomic E-state index is 12.7. The minimum atomic E-state index is -0.323. The molecule has 1 heterocycles. The number of carbonyl (C=O) groups is 1. The van der Waals surface area contributed by atoms with Crippen LogP contribution in [0.25, 0.3) is 0 Å². The van der Waals surface area contributed by atoms with Crippen LogP contribution >= 0.6 is 0 Å². The summed E-state index contributed by atoms with van der Waals surface area (Å²) in [7, 11) is 0. The lowest BCUT2D eigenvalue weighted by Gasteiger charge is -2.30. The van der Waals surface area contributed by atoms with Crippen LogP contribution in [0.2, 0.25) is 0 Å². The topological polar surface area (TPSA) is 55.6 Å². The number of ether oxygens (including phenoxy) is 1. The number of halogens is 1. The molecule has 5 heteroatoms. The third-order valence-corrected chi connectivity index (χ3v) is 2.99. The average molecular weight is 252 g/mol. The van der Waals surface area contributed by atoms with Gasteiger partial charge in [-0.25, -0.2) is 4.39 Å². The van der Waals surface area contributed by atoms with E-state index in [1.54, 1.807) is 4.90 Å². The summed E-state index contributed by atoms with van der Waals surface area (Å²) in [6.45, 7) is 1.29. The van der Waals surface area contributed by atoms with Crippen molar-refractivity contribution in [2.75, 3.05) is 19.7 Å². The van der Waals surface area contributed by atoms with Crippen molar-refractivity contribution in [2.45, 2.75) is 18.9 Å². The SMILES string of the molecule is NC1CCCN(C(=O)COc2ccc(F)cc2)C1. The molecule has 0 aliphatic carbocycles. The highest BCUT2D eigenvalue weighted by Crippen LogP contribution is 2.12. The Hall–Kier alpha value is -1.62. The van der Waals surface area contributed by atoms with Gasteiger partial charge in [0.25, 0.3) is 5.91 Å². The number of benzene rings is 1. The fourth-order valence-corrected chi connectivity index (χ4v) is 2.00. The standard InChI is InChI=1S/C13H17FN2O2/c14-10-3-5-12(6-4-10)18-9-13(17)16-7-1-2-11(15)8-16/h3-6,11H,1-2,7-9,15H2. The minimum absolute atomic E-state index is 0.0294. The first kappa shape index (κ1) is 12.8. The summed E-state index contributed by atoms with van der Waals surface area (Å²) in [5, 5.41) is 0. The van der Waals surface area contributed by atoms with Crippen LogP contribution < -0.4 is 10.5 Å². The second-order valence-electron chi connectivity index (χ2n) is 4.48. The van der Waals surface area contributed by atoms with E-state index in [0.29, 0.717) is 12.3 Å². The van der Waals surface area contributed by atoms with Crippen molar-refractivity contribution < 1.29 is 13.9 Å². The number of hydrogen-bond donors (Lipinski definition) is 1. The highest BCUT2D eigenvalue weighted by molar-refractivity contribution is 5.77. The molecule has 0 radical (unpaired) electrons. The van der Waals surface area contributed by atoms with Gasteiger partial charge in [-0.3, -0.25) is 4.79 Å². The summed E-state index contributed by atoms with van der Waals surface area (Å²) in [5.41, 5.74) is 5.81. The fraction of sp³-hybridized carbons (Fsp3) is 0.462. The molecule has 18 heavy (non-hydrogen) atoms. The van der Waals surface area contributed by atoms with Crippen LogP contribution in [0.1, 0.15) is 12.8 Å². The number of nitrogens with two attached hydrogens (primary N) is 1. The van der Waals surface area contributed by atoms with Crippen LogP contribution in [0.15, 0.2) is 24.3 Å². The average Bonchev–Trinajstić information content (AvgIpc) is 2.38. The lowest BCUT2D eigenvalue weighted by atomic mass is 10.1. The summed E-state index contributed by atoms with van der Waals surface area (Å²) in [5.74, 6) is 0.0937. The van der Waals surface area contributed by atoms with E-state index in [1.807, 2.05) is 0 Å².